The lowest BCUT2D eigenvalue weighted by molar-refractivity contribution is 0.512. The van der Waals surface area contributed by atoms with Crippen LogP contribution in [0.15, 0.2) is 28.7 Å². The number of hydrogen-bond donors (Lipinski definition) is 1. The first kappa shape index (κ1) is 15.1. The molecule has 0 heterocycles. The Morgan fingerprint density at radius 2 is 2.11 bits per heavy atom. The van der Waals surface area contributed by atoms with Crippen molar-refractivity contribution < 1.29 is 0 Å². The Morgan fingerprint density at radius 1 is 1.26 bits per heavy atom. The Balaban J connectivity index is 1.87. The summed E-state index contributed by atoms with van der Waals surface area (Å²) in [7, 11) is 0. The summed E-state index contributed by atoms with van der Waals surface area (Å²) in [6, 6.07) is 9.66. The maximum absolute atomic E-state index is 3.70. The summed E-state index contributed by atoms with van der Waals surface area (Å²) in [6.45, 7) is 3.42. The largest absolute Gasteiger partial charge is 0.313 e. The average molecular weight is 324 g/mol. The highest BCUT2D eigenvalue weighted by Gasteiger charge is 2.22. The van der Waals surface area contributed by atoms with Gasteiger partial charge in [0.1, 0.15) is 0 Å². The first-order valence-corrected chi connectivity index (χ1v) is 8.57. The van der Waals surface area contributed by atoms with E-state index in [1.807, 2.05) is 0 Å². The maximum Gasteiger partial charge on any atom is 0.0178 e. The highest BCUT2D eigenvalue weighted by atomic mass is 79.9. The lowest BCUT2D eigenvalue weighted by Crippen LogP contribution is -2.23. The second kappa shape index (κ2) is 8.06. The van der Waals surface area contributed by atoms with E-state index in [0.717, 1.165) is 12.6 Å². The van der Waals surface area contributed by atoms with Crippen LogP contribution >= 0.6 is 15.9 Å². The van der Waals surface area contributed by atoms with E-state index in [2.05, 4.69) is 52.4 Å². The van der Waals surface area contributed by atoms with Crippen LogP contribution in [-0.4, -0.2) is 12.6 Å². The molecule has 1 aliphatic rings. The molecule has 1 nitrogen and oxygen atoms in total. The molecular formula is C17H26BrN. The smallest absolute Gasteiger partial charge is 0.0178 e. The van der Waals surface area contributed by atoms with Crippen LogP contribution in [0.1, 0.15) is 63.4 Å². The summed E-state index contributed by atoms with van der Waals surface area (Å²) in [6.07, 6.45) is 9.50. The van der Waals surface area contributed by atoms with Crippen molar-refractivity contribution in [1.29, 1.82) is 0 Å². The zero-order valence-electron chi connectivity index (χ0n) is 12.0. The normalized spacial score (nSPS) is 16.5. The van der Waals surface area contributed by atoms with Crippen LogP contribution in [0.4, 0.5) is 0 Å². The van der Waals surface area contributed by atoms with E-state index in [1.165, 1.54) is 55.0 Å². The molecule has 2 rings (SSSR count). The Bertz CT molecular complexity index is 373. The van der Waals surface area contributed by atoms with Crippen molar-refractivity contribution in [3.05, 3.63) is 34.3 Å². The summed E-state index contributed by atoms with van der Waals surface area (Å²) in [5.74, 6) is 0.676. The van der Waals surface area contributed by atoms with Crippen LogP contribution in [0.25, 0.3) is 0 Å². The number of unbranched alkanes of at least 4 members (excludes halogenated alkanes) is 3. The fourth-order valence-corrected chi connectivity index (χ4v) is 2.98. The molecule has 2 heteroatoms. The Hall–Kier alpha value is -0.340. The van der Waals surface area contributed by atoms with Gasteiger partial charge in [0.05, 0.1) is 0 Å². The molecule has 106 valence electrons. The topological polar surface area (TPSA) is 12.0 Å². The Labute approximate surface area is 126 Å². The molecule has 0 radical (unpaired) electrons. The van der Waals surface area contributed by atoms with E-state index in [9.17, 15) is 0 Å². The SMILES string of the molecule is CCCCCCC(CNC1CC1)c1cccc(Br)c1. The van der Waals surface area contributed by atoms with E-state index < -0.39 is 0 Å². The molecule has 1 saturated carbocycles. The predicted octanol–water partition coefficient (Wildman–Crippen LogP) is 5.26. The van der Waals surface area contributed by atoms with Crippen LogP contribution < -0.4 is 5.32 Å². The minimum absolute atomic E-state index is 0.676. The third kappa shape index (κ3) is 5.66. The predicted molar refractivity (Wildman–Crippen MR) is 86.7 cm³/mol. The number of rotatable bonds is 9. The van der Waals surface area contributed by atoms with Gasteiger partial charge in [0, 0.05) is 17.1 Å². The standard InChI is InChI=1S/C17H26BrN/c1-2-3-4-5-7-15(13-19-17-10-11-17)14-8-6-9-16(18)12-14/h6,8-9,12,15,17,19H,2-5,7,10-11,13H2,1H3. The van der Waals surface area contributed by atoms with Crippen LogP contribution in [0.5, 0.6) is 0 Å². The highest BCUT2D eigenvalue weighted by molar-refractivity contribution is 9.10. The van der Waals surface area contributed by atoms with Crippen molar-refractivity contribution in [1.82, 2.24) is 5.32 Å². The van der Waals surface area contributed by atoms with Crippen LogP contribution in [0.2, 0.25) is 0 Å². The number of benzene rings is 1. The minimum atomic E-state index is 0.676. The zero-order chi connectivity index (χ0) is 13.5. The lowest BCUT2D eigenvalue weighted by atomic mass is 9.93. The maximum atomic E-state index is 3.70. The Kier molecular flexibility index (Phi) is 6.39. The molecule has 1 fully saturated rings. The molecule has 1 aliphatic carbocycles. The van der Waals surface area contributed by atoms with Gasteiger partial charge in [-0.2, -0.15) is 0 Å². The second-order valence-corrected chi connectivity index (χ2v) is 6.70. The van der Waals surface area contributed by atoms with Crippen LogP contribution in [0.3, 0.4) is 0 Å². The molecule has 0 aliphatic heterocycles. The monoisotopic (exact) mass is 323 g/mol. The number of nitrogens with one attached hydrogen (secondary N) is 1. The third-order valence-corrected chi connectivity index (χ3v) is 4.45. The van der Waals surface area contributed by atoms with Gasteiger partial charge in [-0.25, -0.2) is 0 Å². The van der Waals surface area contributed by atoms with Crippen molar-refractivity contribution >= 4 is 15.9 Å². The van der Waals surface area contributed by atoms with E-state index in [4.69, 9.17) is 0 Å². The molecular weight excluding hydrogens is 298 g/mol. The number of halogens is 1. The highest BCUT2D eigenvalue weighted by Crippen LogP contribution is 2.27. The molecule has 19 heavy (non-hydrogen) atoms. The quantitative estimate of drug-likeness (QED) is 0.611. The number of hydrogen-bond acceptors (Lipinski definition) is 1. The van der Waals surface area contributed by atoms with Crippen molar-refractivity contribution in [2.24, 2.45) is 0 Å². The molecule has 1 N–H and O–H groups in total. The molecule has 1 unspecified atom stereocenters. The van der Waals surface area contributed by atoms with Gasteiger partial charge in [-0.1, -0.05) is 60.7 Å². The molecule has 0 spiro atoms. The fourth-order valence-electron chi connectivity index (χ4n) is 2.56. The van der Waals surface area contributed by atoms with Gasteiger partial charge in [-0.15, -0.1) is 0 Å². The van der Waals surface area contributed by atoms with Crippen LogP contribution in [-0.2, 0) is 0 Å². The third-order valence-electron chi connectivity index (χ3n) is 3.96. The van der Waals surface area contributed by atoms with Crippen molar-refractivity contribution in [3.8, 4) is 0 Å². The second-order valence-electron chi connectivity index (χ2n) is 5.78. The van der Waals surface area contributed by atoms with Gasteiger partial charge in [-0.3, -0.25) is 0 Å². The minimum Gasteiger partial charge on any atom is -0.313 e. The van der Waals surface area contributed by atoms with Crippen molar-refractivity contribution in [2.45, 2.75) is 63.8 Å². The van der Waals surface area contributed by atoms with Gasteiger partial charge in [0.2, 0.25) is 0 Å². The summed E-state index contributed by atoms with van der Waals surface area (Å²) >= 11 is 3.60. The zero-order valence-corrected chi connectivity index (χ0v) is 13.6. The summed E-state index contributed by atoms with van der Waals surface area (Å²) < 4.78 is 1.20. The van der Waals surface area contributed by atoms with Gasteiger partial charge >= 0.3 is 0 Å². The molecule has 1 aromatic carbocycles. The fraction of sp³-hybridized carbons (Fsp3) is 0.647. The van der Waals surface area contributed by atoms with Crippen molar-refractivity contribution in [2.75, 3.05) is 6.54 Å². The Morgan fingerprint density at radius 3 is 2.79 bits per heavy atom. The summed E-state index contributed by atoms with van der Waals surface area (Å²) in [5, 5.41) is 3.70. The molecule has 0 bridgehead atoms. The average Bonchev–Trinajstić information content (AvgIpc) is 3.22. The first-order chi connectivity index (χ1) is 9.29. The summed E-state index contributed by atoms with van der Waals surface area (Å²) in [5.41, 5.74) is 1.49. The van der Waals surface area contributed by atoms with E-state index in [0.29, 0.717) is 5.92 Å². The molecule has 0 aromatic heterocycles. The van der Waals surface area contributed by atoms with Gasteiger partial charge in [0.15, 0.2) is 0 Å². The molecule has 1 atom stereocenters. The molecule has 1 aromatic rings. The van der Waals surface area contributed by atoms with E-state index >= 15 is 0 Å². The lowest BCUT2D eigenvalue weighted by Gasteiger charge is -2.18. The molecule has 0 saturated heterocycles. The van der Waals surface area contributed by atoms with Crippen molar-refractivity contribution in [3.63, 3.8) is 0 Å². The van der Waals surface area contributed by atoms with Crippen LogP contribution in [0, 0.1) is 0 Å². The van der Waals surface area contributed by atoms with E-state index in [1.54, 1.807) is 0 Å². The first-order valence-electron chi connectivity index (χ1n) is 7.78. The summed E-state index contributed by atoms with van der Waals surface area (Å²) in [4.78, 5) is 0. The van der Waals surface area contributed by atoms with Gasteiger partial charge in [0.25, 0.3) is 0 Å². The van der Waals surface area contributed by atoms with Gasteiger partial charge < -0.3 is 5.32 Å². The molecule has 0 amide bonds. The van der Waals surface area contributed by atoms with E-state index in [-0.39, 0.29) is 0 Å². The van der Waals surface area contributed by atoms with Gasteiger partial charge in [-0.05, 0) is 42.9 Å².